The van der Waals surface area contributed by atoms with E-state index in [1.165, 1.54) is 12.3 Å². The second-order valence-electron chi connectivity index (χ2n) is 6.85. The first-order chi connectivity index (χ1) is 12.8. The van der Waals surface area contributed by atoms with Gasteiger partial charge in [-0.3, -0.25) is 9.59 Å². The highest BCUT2D eigenvalue weighted by molar-refractivity contribution is 5.95. The first kappa shape index (κ1) is 18.8. The van der Waals surface area contributed by atoms with Crippen molar-refractivity contribution in [2.75, 3.05) is 37.0 Å². The Kier molecular flexibility index (Phi) is 5.38. The van der Waals surface area contributed by atoms with E-state index in [-0.39, 0.29) is 30.6 Å². The molecular formula is C18H23FN6O2. The van der Waals surface area contributed by atoms with Gasteiger partial charge in [-0.25, -0.2) is 9.37 Å². The highest BCUT2D eigenvalue weighted by atomic mass is 19.1. The lowest BCUT2D eigenvalue weighted by atomic mass is 10.1. The summed E-state index contributed by atoms with van der Waals surface area (Å²) in [5.74, 6) is 0.873. The number of nitrogens with zero attached hydrogens (tertiary/aromatic N) is 4. The Balaban J connectivity index is 1.72. The summed E-state index contributed by atoms with van der Waals surface area (Å²) in [6.45, 7) is 2.20. The zero-order chi connectivity index (χ0) is 19.6. The van der Waals surface area contributed by atoms with Gasteiger partial charge in [0, 0.05) is 45.5 Å². The Morgan fingerprint density at radius 1 is 1.48 bits per heavy atom. The van der Waals surface area contributed by atoms with Crippen LogP contribution in [0.25, 0.3) is 0 Å². The van der Waals surface area contributed by atoms with Gasteiger partial charge in [0.25, 0.3) is 5.91 Å². The van der Waals surface area contributed by atoms with Gasteiger partial charge in [-0.05, 0) is 18.6 Å². The SMILES string of the molecule is Cc1cc(=O)[nH]cc1C(=O)NC[C@@H]1C[C@H](F)CN1c1ccnc(N(C)C)n1. The lowest BCUT2D eigenvalue weighted by Crippen LogP contribution is -2.41. The summed E-state index contributed by atoms with van der Waals surface area (Å²) in [7, 11) is 3.68. The normalized spacial score (nSPS) is 19.2. The predicted octanol–water partition coefficient (Wildman–Crippen LogP) is 0.886. The fourth-order valence-electron chi connectivity index (χ4n) is 3.17. The van der Waals surface area contributed by atoms with E-state index in [9.17, 15) is 14.0 Å². The molecule has 2 aromatic rings. The third-order valence-electron chi connectivity index (χ3n) is 4.56. The van der Waals surface area contributed by atoms with Crippen LogP contribution in [0, 0.1) is 6.92 Å². The van der Waals surface area contributed by atoms with Crippen molar-refractivity contribution in [3.8, 4) is 0 Å². The number of halogens is 1. The molecule has 8 nitrogen and oxygen atoms in total. The molecule has 1 fully saturated rings. The molecule has 2 atom stereocenters. The maximum atomic E-state index is 14.1. The number of H-pyrrole nitrogens is 1. The van der Waals surface area contributed by atoms with E-state index in [1.54, 1.807) is 24.1 Å². The number of aryl methyl sites for hydroxylation is 1. The van der Waals surface area contributed by atoms with E-state index >= 15 is 0 Å². The molecule has 9 heteroatoms. The molecule has 2 aromatic heterocycles. The minimum absolute atomic E-state index is 0.211. The van der Waals surface area contributed by atoms with E-state index in [0.29, 0.717) is 29.3 Å². The number of amides is 1. The molecule has 0 saturated carbocycles. The van der Waals surface area contributed by atoms with Crippen molar-refractivity contribution in [2.45, 2.75) is 25.6 Å². The Labute approximate surface area is 156 Å². The first-order valence-electron chi connectivity index (χ1n) is 8.73. The fraction of sp³-hybridized carbons (Fsp3) is 0.444. The average molecular weight is 374 g/mol. The van der Waals surface area contributed by atoms with Crippen molar-refractivity contribution in [3.05, 3.63) is 46.0 Å². The molecule has 1 aliphatic rings. The van der Waals surface area contributed by atoms with Gasteiger partial charge in [0.15, 0.2) is 0 Å². The van der Waals surface area contributed by atoms with Crippen molar-refractivity contribution in [2.24, 2.45) is 0 Å². The number of aromatic amines is 1. The lowest BCUT2D eigenvalue weighted by Gasteiger charge is -2.26. The standard InChI is InChI=1S/C18H23FN6O2/c1-11-6-16(26)21-9-14(11)17(27)22-8-13-7-12(19)10-25(13)15-4-5-20-18(23-15)24(2)3/h4-6,9,12-13H,7-8,10H2,1-3H3,(H,21,26)(H,22,27)/t12-,13-/m0/s1. The topological polar surface area (TPSA) is 94.2 Å². The molecule has 0 spiro atoms. The van der Waals surface area contributed by atoms with Crippen LogP contribution in [-0.2, 0) is 0 Å². The molecule has 3 rings (SSSR count). The molecule has 0 bridgehead atoms. The number of rotatable bonds is 5. The van der Waals surface area contributed by atoms with Gasteiger partial charge in [0.1, 0.15) is 12.0 Å². The van der Waals surface area contributed by atoms with E-state index in [0.717, 1.165) is 0 Å². The zero-order valence-corrected chi connectivity index (χ0v) is 15.6. The monoisotopic (exact) mass is 374 g/mol. The minimum Gasteiger partial charge on any atom is -0.350 e. The lowest BCUT2D eigenvalue weighted by molar-refractivity contribution is 0.0950. The number of aromatic nitrogens is 3. The summed E-state index contributed by atoms with van der Waals surface area (Å²) < 4.78 is 14.1. The van der Waals surface area contributed by atoms with Crippen molar-refractivity contribution < 1.29 is 9.18 Å². The predicted molar refractivity (Wildman–Crippen MR) is 101 cm³/mol. The van der Waals surface area contributed by atoms with Gasteiger partial charge in [-0.1, -0.05) is 0 Å². The largest absolute Gasteiger partial charge is 0.350 e. The molecule has 1 saturated heterocycles. The molecule has 3 heterocycles. The third kappa shape index (κ3) is 4.24. The third-order valence-corrected chi connectivity index (χ3v) is 4.56. The molecule has 27 heavy (non-hydrogen) atoms. The van der Waals surface area contributed by atoms with Gasteiger partial charge in [-0.15, -0.1) is 0 Å². The molecule has 144 valence electrons. The molecule has 1 amide bonds. The van der Waals surface area contributed by atoms with Gasteiger partial charge < -0.3 is 20.1 Å². The molecule has 1 aliphatic heterocycles. The highest BCUT2D eigenvalue weighted by Gasteiger charge is 2.33. The number of anilines is 2. The van der Waals surface area contributed by atoms with Gasteiger partial charge in [0.2, 0.25) is 11.5 Å². The number of carbonyl (C=O) groups excluding carboxylic acids is 1. The van der Waals surface area contributed by atoms with Crippen LogP contribution in [0.1, 0.15) is 22.3 Å². The maximum Gasteiger partial charge on any atom is 0.253 e. The number of hydrogen-bond donors (Lipinski definition) is 2. The number of nitrogens with one attached hydrogen (secondary N) is 2. The molecule has 0 unspecified atom stereocenters. The van der Waals surface area contributed by atoms with E-state index in [1.807, 2.05) is 19.0 Å². The van der Waals surface area contributed by atoms with Crippen molar-refractivity contribution in [1.29, 1.82) is 0 Å². The smallest absolute Gasteiger partial charge is 0.253 e. The second-order valence-corrected chi connectivity index (χ2v) is 6.85. The van der Waals surface area contributed by atoms with Crippen LogP contribution in [0.2, 0.25) is 0 Å². The maximum absolute atomic E-state index is 14.1. The molecule has 2 N–H and O–H groups in total. The Morgan fingerprint density at radius 2 is 2.26 bits per heavy atom. The minimum atomic E-state index is -0.987. The Bertz CT molecular complexity index is 884. The van der Waals surface area contributed by atoms with Gasteiger partial charge in [0.05, 0.1) is 18.2 Å². The average Bonchev–Trinajstić information content (AvgIpc) is 3.00. The summed E-state index contributed by atoms with van der Waals surface area (Å²) in [5.41, 5.74) is 0.731. The molecule has 0 radical (unpaired) electrons. The first-order valence-corrected chi connectivity index (χ1v) is 8.73. The van der Waals surface area contributed by atoms with Crippen LogP contribution in [0.3, 0.4) is 0 Å². The van der Waals surface area contributed by atoms with Crippen LogP contribution in [-0.4, -0.2) is 60.3 Å². The van der Waals surface area contributed by atoms with Crippen molar-refractivity contribution in [1.82, 2.24) is 20.3 Å². The highest BCUT2D eigenvalue weighted by Crippen LogP contribution is 2.26. The quantitative estimate of drug-likeness (QED) is 0.807. The number of alkyl halides is 1. The summed E-state index contributed by atoms with van der Waals surface area (Å²) in [5, 5.41) is 2.84. The Morgan fingerprint density at radius 3 is 2.96 bits per heavy atom. The molecular weight excluding hydrogens is 351 g/mol. The number of pyridine rings is 1. The number of hydrogen-bond acceptors (Lipinski definition) is 6. The van der Waals surface area contributed by atoms with Crippen LogP contribution < -0.4 is 20.7 Å². The Hall–Kier alpha value is -2.97. The molecule has 0 aromatic carbocycles. The van der Waals surface area contributed by atoms with Crippen molar-refractivity contribution >= 4 is 17.7 Å². The van der Waals surface area contributed by atoms with E-state index in [4.69, 9.17) is 0 Å². The summed E-state index contributed by atoms with van der Waals surface area (Å²) in [6.07, 6.45) is 2.36. The summed E-state index contributed by atoms with van der Waals surface area (Å²) >= 11 is 0. The van der Waals surface area contributed by atoms with Crippen LogP contribution in [0.15, 0.2) is 29.3 Å². The van der Waals surface area contributed by atoms with E-state index < -0.39 is 6.17 Å². The van der Waals surface area contributed by atoms with Crippen molar-refractivity contribution in [3.63, 3.8) is 0 Å². The zero-order valence-electron chi connectivity index (χ0n) is 15.6. The fourth-order valence-corrected chi connectivity index (χ4v) is 3.17. The van der Waals surface area contributed by atoms with Crippen LogP contribution in [0.4, 0.5) is 16.2 Å². The van der Waals surface area contributed by atoms with Gasteiger partial charge >= 0.3 is 0 Å². The second kappa shape index (κ2) is 7.73. The van der Waals surface area contributed by atoms with Crippen LogP contribution >= 0.6 is 0 Å². The number of carbonyl (C=O) groups is 1. The molecule has 0 aliphatic carbocycles. The summed E-state index contributed by atoms with van der Waals surface area (Å²) in [4.78, 5) is 38.5. The van der Waals surface area contributed by atoms with Gasteiger partial charge in [-0.2, -0.15) is 4.98 Å². The van der Waals surface area contributed by atoms with Crippen LogP contribution in [0.5, 0.6) is 0 Å². The van der Waals surface area contributed by atoms with E-state index in [2.05, 4.69) is 20.3 Å². The summed E-state index contributed by atoms with van der Waals surface area (Å²) in [6, 6.07) is 2.90.